The molecule has 0 saturated carbocycles. The summed E-state index contributed by atoms with van der Waals surface area (Å²) in [5, 5.41) is 4.44. The lowest BCUT2D eigenvalue weighted by atomic mass is 10.1. The molecule has 0 unspecified atom stereocenters. The number of hydrogen-bond acceptors (Lipinski definition) is 4. The molecule has 1 aliphatic heterocycles. The summed E-state index contributed by atoms with van der Waals surface area (Å²) in [6, 6.07) is 10.5. The Kier molecular flexibility index (Phi) is 4.36. The summed E-state index contributed by atoms with van der Waals surface area (Å²) in [5.74, 6) is 0.988. The number of pyridine rings is 1. The lowest BCUT2D eigenvalue weighted by Crippen LogP contribution is -2.36. The third-order valence-corrected chi connectivity index (χ3v) is 4.30. The van der Waals surface area contributed by atoms with Crippen molar-refractivity contribution < 1.29 is 4.74 Å². The van der Waals surface area contributed by atoms with Crippen LogP contribution >= 0.6 is 0 Å². The Bertz CT molecular complexity index is 606. The van der Waals surface area contributed by atoms with Gasteiger partial charge in [0.05, 0.1) is 11.6 Å². The average Bonchev–Trinajstić information content (AvgIpc) is 2.55. The summed E-state index contributed by atoms with van der Waals surface area (Å²) in [7, 11) is 3.75. The molecule has 4 heteroatoms. The van der Waals surface area contributed by atoms with E-state index >= 15 is 0 Å². The summed E-state index contributed by atoms with van der Waals surface area (Å²) in [4.78, 5) is 7.22. The molecule has 1 saturated heterocycles. The number of nitrogens with one attached hydrogen (secondary N) is 1. The summed E-state index contributed by atoms with van der Waals surface area (Å²) < 4.78 is 5.44. The van der Waals surface area contributed by atoms with Crippen molar-refractivity contribution in [2.24, 2.45) is 0 Å². The van der Waals surface area contributed by atoms with Crippen molar-refractivity contribution in [3.63, 3.8) is 0 Å². The Morgan fingerprint density at radius 2 is 2.05 bits per heavy atom. The molecule has 2 aromatic rings. The highest BCUT2D eigenvalue weighted by atomic mass is 16.5. The van der Waals surface area contributed by atoms with Gasteiger partial charge < -0.3 is 10.1 Å². The minimum Gasteiger partial charge on any atom is -0.381 e. The smallest absolute Gasteiger partial charge is 0.130 e. The molecule has 3 rings (SSSR count). The molecule has 0 aliphatic carbocycles. The van der Waals surface area contributed by atoms with Gasteiger partial charge in [-0.1, -0.05) is 18.2 Å². The Hall–Kier alpha value is -1.65. The van der Waals surface area contributed by atoms with Crippen molar-refractivity contribution >= 4 is 16.7 Å². The molecule has 1 fully saturated rings. The molecular formula is C17H23N3O. The van der Waals surface area contributed by atoms with Crippen molar-refractivity contribution in [1.82, 2.24) is 9.88 Å². The molecule has 4 nitrogen and oxygen atoms in total. The molecule has 2 heterocycles. The summed E-state index contributed by atoms with van der Waals surface area (Å²) >= 11 is 0. The molecule has 1 aliphatic rings. The second-order valence-electron chi connectivity index (χ2n) is 5.65. The Morgan fingerprint density at radius 3 is 2.76 bits per heavy atom. The van der Waals surface area contributed by atoms with Crippen LogP contribution in [0.3, 0.4) is 0 Å². The first-order valence-corrected chi connectivity index (χ1v) is 7.61. The van der Waals surface area contributed by atoms with E-state index in [2.05, 4.69) is 34.5 Å². The zero-order valence-corrected chi connectivity index (χ0v) is 12.8. The maximum absolute atomic E-state index is 5.44. The summed E-state index contributed by atoms with van der Waals surface area (Å²) in [6.45, 7) is 3.13. The second-order valence-corrected chi connectivity index (χ2v) is 5.65. The van der Waals surface area contributed by atoms with Gasteiger partial charge in [-0.05, 0) is 25.0 Å². The van der Waals surface area contributed by atoms with E-state index in [0.29, 0.717) is 6.10 Å². The third kappa shape index (κ3) is 3.17. The van der Waals surface area contributed by atoms with Gasteiger partial charge in [0.25, 0.3) is 0 Å². The highest BCUT2D eigenvalue weighted by molar-refractivity contribution is 5.81. The van der Waals surface area contributed by atoms with Crippen LogP contribution in [0.15, 0.2) is 30.3 Å². The van der Waals surface area contributed by atoms with Crippen LogP contribution in [-0.2, 0) is 11.3 Å². The lowest BCUT2D eigenvalue weighted by molar-refractivity contribution is 0.0389. The van der Waals surface area contributed by atoms with Crippen LogP contribution in [0, 0.1) is 0 Å². The number of fused-ring (bicyclic) bond motifs is 1. The predicted octanol–water partition coefficient (Wildman–Crippen LogP) is 2.89. The molecule has 0 bridgehead atoms. The second kappa shape index (κ2) is 6.41. The maximum atomic E-state index is 5.44. The number of para-hydroxylation sites is 1. The van der Waals surface area contributed by atoms with E-state index in [1.54, 1.807) is 0 Å². The van der Waals surface area contributed by atoms with Gasteiger partial charge in [-0.25, -0.2) is 4.98 Å². The first-order valence-electron chi connectivity index (χ1n) is 7.61. The van der Waals surface area contributed by atoms with Gasteiger partial charge in [-0.15, -0.1) is 0 Å². The number of rotatable bonds is 4. The number of anilines is 1. The fraction of sp³-hybridized carbons (Fsp3) is 0.471. The van der Waals surface area contributed by atoms with Crippen molar-refractivity contribution in [3.8, 4) is 0 Å². The molecule has 1 N–H and O–H groups in total. The number of ether oxygens (including phenoxy) is 1. The van der Waals surface area contributed by atoms with E-state index in [1.807, 2.05) is 20.2 Å². The maximum Gasteiger partial charge on any atom is 0.130 e. The number of aromatic nitrogens is 1. The molecular weight excluding hydrogens is 262 g/mol. The molecule has 0 radical (unpaired) electrons. The topological polar surface area (TPSA) is 37.4 Å². The van der Waals surface area contributed by atoms with Gasteiger partial charge in [0.2, 0.25) is 0 Å². The zero-order valence-electron chi connectivity index (χ0n) is 12.8. The van der Waals surface area contributed by atoms with E-state index in [9.17, 15) is 0 Å². The fourth-order valence-electron chi connectivity index (χ4n) is 3.04. The number of piperidine rings is 1. The minimum atomic E-state index is 0.430. The normalized spacial score (nSPS) is 17.2. The number of nitrogens with zero attached hydrogens (tertiary/aromatic N) is 2. The van der Waals surface area contributed by atoms with Gasteiger partial charge >= 0.3 is 0 Å². The molecule has 0 atom stereocenters. The molecule has 21 heavy (non-hydrogen) atoms. The molecule has 1 aromatic heterocycles. The van der Waals surface area contributed by atoms with Gasteiger partial charge in [-0.3, -0.25) is 4.90 Å². The minimum absolute atomic E-state index is 0.430. The van der Waals surface area contributed by atoms with Crippen molar-refractivity contribution in [3.05, 3.63) is 35.9 Å². The largest absolute Gasteiger partial charge is 0.381 e. The number of likely N-dealkylation sites (tertiary alicyclic amines) is 1. The zero-order chi connectivity index (χ0) is 14.7. The van der Waals surface area contributed by atoms with Gasteiger partial charge in [-0.2, -0.15) is 0 Å². The first kappa shape index (κ1) is 14.3. The SMILES string of the molecule is CNc1nc2ccccc2cc1CN1CCC(OC)CC1. The van der Waals surface area contributed by atoms with Crippen LogP contribution in [0.1, 0.15) is 18.4 Å². The quantitative estimate of drug-likeness (QED) is 0.937. The van der Waals surface area contributed by atoms with Crippen molar-refractivity contribution in [1.29, 1.82) is 0 Å². The number of benzene rings is 1. The van der Waals surface area contributed by atoms with E-state index in [1.165, 1.54) is 10.9 Å². The van der Waals surface area contributed by atoms with Crippen molar-refractivity contribution in [2.45, 2.75) is 25.5 Å². The van der Waals surface area contributed by atoms with E-state index in [-0.39, 0.29) is 0 Å². The van der Waals surface area contributed by atoms with Crippen LogP contribution in [0.25, 0.3) is 10.9 Å². The highest BCUT2D eigenvalue weighted by Gasteiger charge is 2.19. The standard InChI is InChI=1S/C17H23N3O/c1-18-17-14(11-13-5-3-4-6-16(13)19-17)12-20-9-7-15(21-2)8-10-20/h3-6,11,15H,7-10,12H2,1-2H3,(H,18,19). The monoisotopic (exact) mass is 285 g/mol. The van der Waals surface area contributed by atoms with Crippen LogP contribution in [0.4, 0.5) is 5.82 Å². The fourth-order valence-corrected chi connectivity index (χ4v) is 3.04. The predicted molar refractivity (Wildman–Crippen MR) is 86.6 cm³/mol. The Labute approximate surface area is 126 Å². The molecule has 0 spiro atoms. The first-order chi connectivity index (χ1) is 10.3. The molecule has 112 valence electrons. The number of hydrogen-bond donors (Lipinski definition) is 1. The van der Waals surface area contributed by atoms with Crippen LogP contribution < -0.4 is 5.32 Å². The number of methoxy groups -OCH3 is 1. The highest BCUT2D eigenvalue weighted by Crippen LogP contribution is 2.23. The van der Waals surface area contributed by atoms with Crippen molar-refractivity contribution in [2.75, 3.05) is 32.6 Å². The third-order valence-electron chi connectivity index (χ3n) is 4.30. The van der Waals surface area contributed by atoms with Gasteiger partial charge in [0.1, 0.15) is 5.82 Å². The van der Waals surface area contributed by atoms with Gasteiger partial charge in [0.15, 0.2) is 0 Å². The Morgan fingerprint density at radius 1 is 1.29 bits per heavy atom. The summed E-state index contributed by atoms with van der Waals surface area (Å²) in [5.41, 5.74) is 2.32. The van der Waals surface area contributed by atoms with Crippen LogP contribution in [-0.4, -0.2) is 43.2 Å². The van der Waals surface area contributed by atoms with Gasteiger partial charge in [0, 0.05) is 44.7 Å². The average molecular weight is 285 g/mol. The van der Waals surface area contributed by atoms with Crippen LogP contribution in [0.2, 0.25) is 0 Å². The van der Waals surface area contributed by atoms with Crippen LogP contribution in [0.5, 0.6) is 0 Å². The molecule has 0 amide bonds. The Balaban J connectivity index is 1.79. The van der Waals surface area contributed by atoms with E-state index < -0.39 is 0 Å². The van der Waals surface area contributed by atoms with E-state index in [0.717, 1.165) is 43.8 Å². The lowest BCUT2D eigenvalue weighted by Gasteiger charge is -2.31. The van der Waals surface area contributed by atoms with E-state index in [4.69, 9.17) is 9.72 Å². The summed E-state index contributed by atoms with van der Waals surface area (Å²) in [6.07, 6.45) is 2.67. The molecule has 1 aromatic carbocycles.